The van der Waals surface area contributed by atoms with Gasteiger partial charge in [-0.25, -0.2) is 4.99 Å². The van der Waals surface area contributed by atoms with Crippen molar-refractivity contribution in [1.29, 1.82) is 0 Å². The standard InChI is InChI=1S/C19H25N3O/c1-3-20-19(22-14-17-8-4-6-15(2)12-17)21-11-10-16-7-5-9-18(23)13-16/h4-9,12-13,23H,3,10-11,14H2,1-2H3,(H2,20,21,22). The second-order valence-corrected chi connectivity index (χ2v) is 5.53. The van der Waals surface area contributed by atoms with Crippen molar-refractivity contribution in [3.63, 3.8) is 0 Å². The second kappa shape index (κ2) is 8.83. The van der Waals surface area contributed by atoms with Crippen LogP contribution in [0.5, 0.6) is 5.75 Å². The van der Waals surface area contributed by atoms with Crippen molar-refractivity contribution in [3.8, 4) is 5.75 Å². The predicted molar refractivity (Wildman–Crippen MR) is 95.8 cm³/mol. The fraction of sp³-hybridized carbons (Fsp3) is 0.316. The Balaban J connectivity index is 1.89. The van der Waals surface area contributed by atoms with Gasteiger partial charge in [0, 0.05) is 13.1 Å². The molecule has 0 atom stereocenters. The summed E-state index contributed by atoms with van der Waals surface area (Å²) in [6, 6.07) is 15.7. The molecule has 4 heteroatoms. The molecule has 0 spiro atoms. The molecule has 0 aliphatic rings. The second-order valence-electron chi connectivity index (χ2n) is 5.53. The van der Waals surface area contributed by atoms with Gasteiger partial charge in [0.15, 0.2) is 5.96 Å². The van der Waals surface area contributed by atoms with Gasteiger partial charge in [-0.3, -0.25) is 0 Å². The highest BCUT2D eigenvalue weighted by atomic mass is 16.3. The van der Waals surface area contributed by atoms with Crippen LogP contribution < -0.4 is 10.6 Å². The van der Waals surface area contributed by atoms with E-state index in [0.29, 0.717) is 12.3 Å². The van der Waals surface area contributed by atoms with Crippen molar-refractivity contribution < 1.29 is 5.11 Å². The minimum absolute atomic E-state index is 0.308. The van der Waals surface area contributed by atoms with Gasteiger partial charge in [-0.05, 0) is 43.5 Å². The molecular formula is C19H25N3O. The minimum Gasteiger partial charge on any atom is -0.508 e. The summed E-state index contributed by atoms with van der Waals surface area (Å²) in [5, 5.41) is 16.1. The van der Waals surface area contributed by atoms with Crippen LogP contribution in [-0.2, 0) is 13.0 Å². The third-order valence-corrected chi connectivity index (χ3v) is 3.46. The molecule has 0 heterocycles. The quantitative estimate of drug-likeness (QED) is 0.568. The summed E-state index contributed by atoms with van der Waals surface area (Å²) >= 11 is 0. The number of aryl methyl sites for hydroxylation is 1. The summed E-state index contributed by atoms with van der Waals surface area (Å²) in [5.74, 6) is 1.12. The van der Waals surface area contributed by atoms with E-state index in [9.17, 15) is 5.11 Å². The lowest BCUT2D eigenvalue weighted by atomic mass is 10.1. The Kier molecular flexibility index (Phi) is 6.48. The van der Waals surface area contributed by atoms with E-state index in [1.54, 1.807) is 12.1 Å². The first-order valence-corrected chi connectivity index (χ1v) is 8.03. The lowest BCUT2D eigenvalue weighted by Crippen LogP contribution is -2.38. The van der Waals surface area contributed by atoms with Crippen LogP contribution in [0.3, 0.4) is 0 Å². The van der Waals surface area contributed by atoms with Crippen molar-refractivity contribution in [2.24, 2.45) is 4.99 Å². The molecule has 3 N–H and O–H groups in total. The SMILES string of the molecule is CCNC(=NCc1cccc(C)c1)NCCc1cccc(O)c1. The molecule has 122 valence electrons. The van der Waals surface area contributed by atoms with Crippen molar-refractivity contribution >= 4 is 5.96 Å². The summed E-state index contributed by atoms with van der Waals surface area (Å²) in [7, 11) is 0. The van der Waals surface area contributed by atoms with E-state index >= 15 is 0 Å². The van der Waals surface area contributed by atoms with E-state index in [2.05, 4.69) is 53.7 Å². The molecule has 0 aromatic heterocycles. The number of guanidine groups is 1. The molecule has 0 bridgehead atoms. The number of aromatic hydroxyl groups is 1. The van der Waals surface area contributed by atoms with Crippen molar-refractivity contribution in [1.82, 2.24) is 10.6 Å². The molecule has 0 fully saturated rings. The Morgan fingerprint density at radius 1 is 1.04 bits per heavy atom. The highest BCUT2D eigenvalue weighted by Gasteiger charge is 1.99. The van der Waals surface area contributed by atoms with Gasteiger partial charge >= 0.3 is 0 Å². The maximum Gasteiger partial charge on any atom is 0.191 e. The largest absolute Gasteiger partial charge is 0.508 e. The minimum atomic E-state index is 0.308. The number of hydrogen-bond acceptors (Lipinski definition) is 2. The Bertz CT molecular complexity index is 653. The molecule has 0 saturated heterocycles. The molecule has 23 heavy (non-hydrogen) atoms. The van der Waals surface area contributed by atoms with E-state index in [4.69, 9.17) is 0 Å². The van der Waals surface area contributed by atoms with Crippen molar-refractivity contribution in [3.05, 3.63) is 65.2 Å². The third-order valence-electron chi connectivity index (χ3n) is 3.46. The van der Waals surface area contributed by atoms with Gasteiger partial charge < -0.3 is 15.7 Å². The molecule has 2 aromatic carbocycles. The number of phenolic OH excluding ortho intramolecular Hbond substituents is 1. The fourth-order valence-corrected chi connectivity index (χ4v) is 2.36. The number of nitrogens with one attached hydrogen (secondary N) is 2. The van der Waals surface area contributed by atoms with Gasteiger partial charge in [-0.1, -0.05) is 42.0 Å². The van der Waals surface area contributed by atoms with Crippen LogP contribution in [0.4, 0.5) is 0 Å². The number of hydrogen-bond donors (Lipinski definition) is 3. The van der Waals surface area contributed by atoms with Crippen molar-refractivity contribution in [2.45, 2.75) is 26.8 Å². The molecule has 2 rings (SSSR count). The number of benzene rings is 2. The van der Waals surface area contributed by atoms with Crippen LogP contribution >= 0.6 is 0 Å². The van der Waals surface area contributed by atoms with E-state index in [0.717, 1.165) is 31.0 Å². The summed E-state index contributed by atoms with van der Waals surface area (Å²) < 4.78 is 0. The monoisotopic (exact) mass is 311 g/mol. The fourth-order valence-electron chi connectivity index (χ4n) is 2.36. The lowest BCUT2D eigenvalue weighted by molar-refractivity contribution is 0.474. The van der Waals surface area contributed by atoms with Gasteiger partial charge in [0.2, 0.25) is 0 Å². The number of aliphatic imine (C=N–C) groups is 1. The summed E-state index contributed by atoms with van der Waals surface area (Å²) in [6.07, 6.45) is 0.837. The number of phenols is 1. The van der Waals surface area contributed by atoms with E-state index in [1.807, 2.05) is 12.1 Å². The first-order chi connectivity index (χ1) is 11.2. The molecular weight excluding hydrogens is 286 g/mol. The molecule has 0 aliphatic heterocycles. The zero-order chi connectivity index (χ0) is 16.5. The highest BCUT2D eigenvalue weighted by molar-refractivity contribution is 5.79. The molecule has 0 aliphatic carbocycles. The van der Waals surface area contributed by atoms with Crippen LogP contribution in [0.15, 0.2) is 53.5 Å². The zero-order valence-corrected chi connectivity index (χ0v) is 13.8. The normalized spacial score (nSPS) is 11.3. The zero-order valence-electron chi connectivity index (χ0n) is 13.8. The first kappa shape index (κ1) is 16.9. The summed E-state index contributed by atoms with van der Waals surface area (Å²) in [4.78, 5) is 4.62. The Morgan fingerprint density at radius 2 is 1.83 bits per heavy atom. The van der Waals surface area contributed by atoms with Crippen LogP contribution in [-0.4, -0.2) is 24.2 Å². The maximum atomic E-state index is 9.48. The smallest absolute Gasteiger partial charge is 0.191 e. The van der Waals surface area contributed by atoms with E-state index in [1.165, 1.54) is 11.1 Å². The van der Waals surface area contributed by atoms with Crippen LogP contribution in [0, 0.1) is 6.92 Å². The van der Waals surface area contributed by atoms with E-state index in [-0.39, 0.29) is 0 Å². The molecule has 4 nitrogen and oxygen atoms in total. The molecule has 0 saturated carbocycles. The van der Waals surface area contributed by atoms with Crippen LogP contribution in [0.2, 0.25) is 0 Å². The average Bonchev–Trinajstić information content (AvgIpc) is 2.53. The topological polar surface area (TPSA) is 56.7 Å². The van der Waals surface area contributed by atoms with Crippen LogP contribution in [0.1, 0.15) is 23.6 Å². The van der Waals surface area contributed by atoms with Gasteiger partial charge in [0.05, 0.1) is 6.54 Å². The maximum absolute atomic E-state index is 9.48. The van der Waals surface area contributed by atoms with Gasteiger partial charge in [0.25, 0.3) is 0 Å². The highest BCUT2D eigenvalue weighted by Crippen LogP contribution is 2.10. The Hall–Kier alpha value is -2.49. The lowest BCUT2D eigenvalue weighted by Gasteiger charge is -2.11. The first-order valence-electron chi connectivity index (χ1n) is 8.03. The van der Waals surface area contributed by atoms with Gasteiger partial charge in [-0.2, -0.15) is 0 Å². The number of rotatable bonds is 6. The van der Waals surface area contributed by atoms with Gasteiger partial charge in [0.1, 0.15) is 5.75 Å². The molecule has 0 radical (unpaired) electrons. The molecule has 2 aromatic rings. The third kappa shape index (κ3) is 6.02. The van der Waals surface area contributed by atoms with Crippen molar-refractivity contribution in [2.75, 3.05) is 13.1 Å². The molecule has 0 amide bonds. The van der Waals surface area contributed by atoms with E-state index < -0.39 is 0 Å². The Labute approximate surface area is 138 Å². The summed E-state index contributed by atoms with van der Waals surface area (Å²) in [5.41, 5.74) is 3.56. The average molecular weight is 311 g/mol. The Morgan fingerprint density at radius 3 is 2.57 bits per heavy atom. The van der Waals surface area contributed by atoms with Gasteiger partial charge in [-0.15, -0.1) is 0 Å². The van der Waals surface area contributed by atoms with Crippen LogP contribution in [0.25, 0.3) is 0 Å². The predicted octanol–water partition coefficient (Wildman–Crippen LogP) is 3.00. The summed E-state index contributed by atoms with van der Waals surface area (Å²) in [6.45, 7) is 6.39. The number of nitrogens with zero attached hydrogens (tertiary/aromatic N) is 1. The molecule has 0 unspecified atom stereocenters.